The number of benzene rings is 1. The molecule has 1 aliphatic rings. The molecule has 1 fully saturated rings. The second kappa shape index (κ2) is 6.37. The number of H-pyrrole nitrogens is 1. The monoisotopic (exact) mass is 316 g/mol. The van der Waals surface area contributed by atoms with Crippen molar-refractivity contribution in [2.24, 2.45) is 0 Å². The average Bonchev–Trinajstić information content (AvgIpc) is 2.59. The van der Waals surface area contributed by atoms with Crippen LogP contribution in [0.2, 0.25) is 0 Å². The summed E-state index contributed by atoms with van der Waals surface area (Å²) in [6.07, 6.45) is 0. The first kappa shape index (κ1) is 15.5. The maximum absolute atomic E-state index is 12.5. The van der Waals surface area contributed by atoms with E-state index in [0.717, 1.165) is 19.6 Å². The van der Waals surface area contributed by atoms with Gasteiger partial charge in [-0.15, -0.1) is 0 Å². The number of nitrogens with one attached hydrogen (secondary N) is 1. The van der Waals surface area contributed by atoms with Crippen LogP contribution in [0.3, 0.4) is 0 Å². The summed E-state index contributed by atoms with van der Waals surface area (Å²) in [6.45, 7) is 5.96. The van der Waals surface area contributed by atoms with Crippen molar-refractivity contribution in [3.05, 3.63) is 45.0 Å². The summed E-state index contributed by atoms with van der Waals surface area (Å²) >= 11 is 0. The van der Waals surface area contributed by atoms with E-state index in [-0.39, 0.29) is 12.5 Å². The number of amides is 1. The van der Waals surface area contributed by atoms with Crippen LogP contribution in [0, 0.1) is 0 Å². The van der Waals surface area contributed by atoms with Gasteiger partial charge in [0.1, 0.15) is 6.54 Å². The van der Waals surface area contributed by atoms with Gasteiger partial charge in [-0.2, -0.15) is 0 Å². The molecule has 0 radical (unpaired) electrons. The van der Waals surface area contributed by atoms with Crippen LogP contribution in [-0.2, 0) is 11.3 Å². The highest BCUT2D eigenvalue weighted by molar-refractivity contribution is 5.80. The fourth-order valence-corrected chi connectivity index (χ4v) is 2.93. The number of para-hydroxylation sites is 2. The highest BCUT2D eigenvalue weighted by Crippen LogP contribution is 2.08. The van der Waals surface area contributed by atoms with E-state index >= 15 is 0 Å². The normalized spacial score (nSPS) is 16.0. The Balaban J connectivity index is 1.87. The molecule has 7 heteroatoms. The molecule has 0 atom stereocenters. The molecule has 122 valence electrons. The third kappa shape index (κ3) is 3.05. The van der Waals surface area contributed by atoms with Crippen molar-refractivity contribution >= 4 is 16.9 Å². The van der Waals surface area contributed by atoms with Gasteiger partial charge in [-0.25, -0.2) is 0 Å². The number of rotatable bonds is 3. The molecule has 0 bridgehead atoms. The predicted octanol–water partition coefficient (Wildman–Crippen LogP) is -0.146. The predicted molar refractivity (Wildman–Crippen MR) is 87.5 cm³/mol. The number of piperazine rings is 1. The van der Waals surface area contributed by atoms with E-state index in [1.165, 1.54) is 4.57 Å². The van der Waals surface area contributed by atoms with E-state index in [2.05, 4.69) is 16.8 Å². The number of nitrogens with zero attached hydrogens (tertiary/aromatic N) is 3. The Morgan fingerprint density at radius 3 is 2.52 bits per heavy atom. The lowest BCUT2D eigenvalue weighted by atomic mass is 10.2. The number of likely N-dealkylation sites (N-methyl/N-ethyl adjacent to an activating group) is 1. The van der Waals surface area contributed by atoms with Gasteiger partial charge in [-0.05, 0) is 18.7 Å². The van der Waals surface area contributed by atoms with Crippen LogP contribution in [0.15, 0.2) is 33.9 Å². The molecule has 0 aliphatic carbocycles. The van der Waals surface area contributed by atoms with Crippen molar-refractivity contribution in [2.45, 2.75) is 13.5 Å². The van der Waals surface area contributed by atoms with Crippen molar-refractivity contribution in [1.82, 2.24) is 19.4 Å². The molecular weight excluding hydrogens is 296 g/mol. The molecule has 0 unspecified atom stereocenters. The maximum atomic E-state index is 12.5. The van der Waals surface area contributed by atoms with E-state index in [1.54, 1.807) is 29.2 Å². The van der Waals surface area contributed by atoms with E-state index in [4.69, 9.17) is 0 Å². The fraction of sp³-hybridized carbons (Fsp3) is 0.438. The lowest BCUT2D eigenvalue weighted by Crippen LogP contribution is -2.50. The van der Waals surface area contributed by atoms with Gasteiger partial charge in [-0.3, -0.25) is 19.0 Å². The van der Waals surface area contributed by atoms with E-state index in [9.17, 15) is 14.4 Å². The number of carbonyl (C=O) groups is 1. The minimum atomic E-state index is -0.702. The Kier molecular flexibility index (Phi) is 4.29. The molecule has 1 N–H and O–H groups in total. The van der Waals surface area contributed by atoms with Gasteiger partial charge >= 0.3 is 11.1 Å². The first-order valence-corrected chi connectivity index (χ1v) is 7.82. The van der Waals surface area contributed by atoms with E-state index in [1.807, 2.05) is 0 Å². The Morgan fingerprint density at radius 2 is 1.83 bits per heavy atom. The third-order valence-electron chi connectivity index (χ3n) is 4.35. The lowest BCUT2D eigenvalue weighted by Gasteiger charge is -2.34. The van der Waals surface area contributed by atoms with Crippen LogP contribution in [0.5, 0.6) is 0 Å². The number of aromatic amines is 1. The first-order chi connectivity index (χ1) is 11.1. The average molecular weight is 316 g/mol. The molecule has 2 aromatic rings. The van der Waals surface area contributed by atoms with Gasteiger partial charge in [0, 0.05) is 26.2 Å². The minimum absolute atomic E-state index is 0.102. The van der Waals surface area contributed by atoms with Crippen molar-refractivity contribution in [3.8, 4) is 0 Å². The molecule has 1 aromatic heterocycles. The largest absolute Gasteiger partial charge is 0.339 e. The van der Waals surface area contributed by atoms with Gasteiger partial charge in [0.2, 0.25) is 5.91 Å². The van der Waals surface area contributed by atoms with Crippen LogP contribution >= 0.6 is 0 Å². The summed E-state index contributed by atoms with van der Waals surface area (Å²) in [7, 11) is 0. The lowest BCUT2D eigenvalue weighted by molar-refractivity contribution is -0.133. The maximum Gasteiger partial charge on any atom is 0.317 e. The molecule has 1 amide bonds. The minimum Gasteiger partial charge on any atom is -0.339 e. The molecule has 1 saturated heterocycles. The summed E-state index contributed by atoms with van der Waals surface area (Å²) in [4.78, 5) is 43.0. The Labute approximate surface area is 133 Å². The second-order valence-corrected chi connectivity index (χ2v) is 5.68. The summed E-state index contributed by atoms with van der Waals surface area (Å²) in [5, 5.41) is 0. The number of hydrogen-bond acceptors (Lipinski definition) is 4. The summed E-state index contributed by atoms with van der Waals surface area (Å²) in [5.41, 5.74) is -0.269. The number of hydrogen-bond donors (Lipinski definition) is 1. The Hall–Kier alpha value is -2.41. The van der Waals surface area contributed by atoms with E-state index < -0.39 is 11.1 Å². The molecule has 1 aliphatic heterocycles. The Morgan fingerprint density at radius 1 is 1.13 bits per heavy atom. The molecule has 23 heavy (non-hydrogen) atoms. The van der Waals surface area contributed by atoms with Crippen LogP contribution in [0.1, 0.15) is 6.92 Å². The number of aromatic nitrogens is 2. The van der Waals surface area contributed by atoms with Gasteiger partial charge in [0.05, 0.1) is 11.0 Å². The van der Waals surface area contributed by atoms with Crippen molar-refractivity contribution < 1.29 is 4.79 Å². The van der Waals surface area contributed by atoms with E-state index in [0.29, 0.717) is 24.1 Å². The topological polar surface area (TPSA) is 78.4 Å². The quantitative estimate of drug-likeness (QED) is 0.799. The Bertz CT molecular complexity index is 831. The molecule has 0 spiro atoms. The zero-order valence-corrected chi connectivity index (χ0v) is 13.1. The van der Waals surface area contributed by atoms with Crippen LogP contribution < -0.4 is 11.1 Å². The van der Waals surface area contributed by atoms with Crippen molar-refractivity contribution in [1.29, 1.82) is 0 Å². The molecule has 1 aromatic carbocycles. The third-order valence-corrected chi connectivity index (χ3v) is 4.35. The number of fused-ring (bicyclic) bond motifs is 1. The van der Waals surface area contributed by atoms with Crippen molar-refractivity contribution in [3.63, 3.8) is 0 Å². The molecular formula is C16H20N4O3. The second-order valence-electron chi connectivity index (χ2n) is 5.68. The summed E-state index contributed by atoms with van der Waals surface area (Å²) < 4.78 is 1.27. The van der Waals surface area contributed by atoms with Crippen LogP contribution in [0.4, 0.5) is 0 Å². The van der Waals surface area contributed by atoms with Crippen molar-refractivity contribution in [2.75, 3.05) is 32.7 Å². The highest BCUT2D eigenvalue weighted by atomic mass is 16.2. The van der Waals surface area contributed by atoms with Gasteiger partial charge < -0.3 is 14.8 Å². The number of carbonyl (C=O) groups excluding carboxylic acids is 1. The molecule has 3 rings (SSSR count). The smallest absolute Gasteiger partial charge is 0.317 e. The molecule has 7 nitrogen and oxygen atoms in total. The highest BCUT2D eigenvalue weighted by Gasteiger charge is 2.21. The molecule has 0 saturated carbocycles. The SMILES string of the molecule is CCN1CCN(C(=O)Cn2c(=O)c(=O)[nH]c3ccccc32)CC1. The standard InChI is InChI=1S/C16H20N4O3/c1-2-18-7-9-19(10-8-18)14(21)11-20-13-6-4-3-5-12(13)17-15(22)16(20)23/h3-6H,2,7-11H2,1H3,(H,17,22). The van der Waals surface area contributed by atoms with Gasteiger partial charge in [0.25, 0.3) is 0 Å². The fourth-order valence-electron chi connectivity index (χ4n) is 2.93. The molecule has 2 heterocycles. The van der Waals surface area contributed by atoms with Gasteiger partial charge in [0.15, 0.2) is 0 Å². The first-order valence-electron chi connectivity index (χ1n) is 7.82. The summed E-state index contributed by atoms with van der Waals surface area (Å²) in [6, 6.07) is 7.01. The summed E-state index contributed by atoms with van der Waals surface area (Å²) in [5.74, 6) is -0.126. The zero-order chi connectivity index (χ0) is 16.4. The zero-order valence-electron chi connectivity index (χ0n) is 13.1. The van der Waals surface area contributed by atoms with Crippen LogP contribution in [0.25, 0.3) is 11.0 Å². The van der Waals surface area contributed by atoms with Gasteiger partial charge in [-0.1, -0.05) is 19.1 Å². The van der Waals surface area contributed by atoms with Crippen LogP contribution in [-0.4, -0.2) is 58.0 Å².